The molecule has 4 aliphatic rings. The first-order valence-corrected chi connectivity index (χ1v) is 9.81. The van der Waals surface area contributed by atoms with Gasteiger partial charge in [-0.3, -0.25) is 9.59 Å². The zero-order valence-electron chi connectivity index (χ0n) is 15.5. The number of hydrogen-bond donors (Lipinski definition) is 0. The van der Waals surface area contributed by atoms with Gasteiger partial charge in [-0.1, -0.05) is 42.5 Å². The van der Waals surface area contributed by atoms with Gasteiger partial charge in [0, 0.05) is 5.56 Å². The summed E-state index contributed by atoms with van der Waals surface area (Å²) in [4.78, 5) is 26.1. The van der Waals surface area contributed by atoms with Gasteiger partial charge in [0.25, 0.3) is 11.8 Å². The van der Waals surface area contributed by atoms with E-state index in [4.69, 9.17) is 4.74 Å². The number of benzene rings is 2. The van der Waals surface area contributed by atoms with E-state index in [-0.39, 0.29) is 40.9 Å². The molecule has 2 bridgehead atoms. The predicted octanol–water partition coefficient (Wildman–Crippen LogP) is 3.38. The van der Waals surface area contributed by atoms with E-state index in [2.05, 4.69) is 17.3 Å². The maximum absolute atomic E-state index is 13.1. The molecule has 2 saturated carbocycles. The predicted molar refractivity (Wildman–Crippen MR) is 105 cm³/mol. The number of rotatable bonds is 3. The minimum Gasteiger partial charge on any atom is -0.496 e. The molecule has 1 spiro atoms. The molecule has 2 aromatic carbocycles. The van der Waals surface area contributed by atoms with E-state index in [0.717, 1.165) is 34.2 Å². The molecule has 0 N–H and O–H groups in total. The average Bonchev–Trinajstić information content (AvgIpc) is 3.32. The van der Waals surface area contributed by atoms with Crippen LogP contribution < -0.4 is 4.74 Å². The van der Waals surface area contributed by atoms with Gasteiger partial charge in [-0.25, -0.2) is 0 Å². The molecule has 0 aromatic heterocycles. The van der Waals surface area contributed by atoms with Crippen molar-refractivity contribution < 1.29 is 14.3 Å². The van der Waals surface area contributed by atoms with Gasteiger partial charge in [0.15, 0.2) is 0 Å². The Hall–Kier alpha value is -2.95. The third kappa shape index (κ3) is 1.84. The van der Waals surface area contributed by atoms with Crippen molar-refractivity contribution in [3.8, 4) is 5.75 Å². The molecule has 6 rings (SSSR count). The van der Waals surface area contributed by atoms with Gasteiger partial charge in [-0.05, 0) is 46.9 Å². The molecule has 28 heavy (non-hydrogen) atoms. The van der Waals surface area contributed by atoms with Gasteiger partial charge in [-0.2, -0.15) is 10.1 Å². The first-order chi connectivity index (χ1) is 13.7. The topological polar surface area (TPSA) is 59.0 Å². The highest BCUT2D eigenvalue weighted by Gasteiger charge is 2.73. The quantitative estimate of drug-likeness (QED) is 0.471. The maximum atomic E-state index is 13.1. The minimum atomic E-state index is -0.225. The zero-order chi connectivity index (χ0) is 19.0. The normalized spacial score (nSPS) is 31.5. The summed E-state index contributed by atoms with van der Waals surface area (Å²) in [6.07, 6.45) is 8.22. The van der Waals surface area contributed by atoms with E-state index >= 15 is 0 Å². The van der Waals surface area contributed by atoms with E-state index in [1.165, 1.54) is 0 Å². The molecule has 1 saturated heterocycles. The van der Waals surface area contributed by atoms with Crippen LogP contribution in [0.2, 0.25) is 0 Å². The summed E-state index contributed by atoms with van der Waals surface area (Å²) in [5.41, 5.74) is 0.980. The Labute approximate surface area is 162 Å². The molecule has 5 nitrogen and oxygen atoms in total. The van der Waals surface area contributed by atoms with Crippen LogP contribution in [0, 0.1) is 29.1 Å². The summed E-state index contributed by atoms with van der Waals surface area (Å²) in [5, 5.41) is 7.50. The fraction of sp³-hybridized carbons (Fsp3) is 0.348. The van der Waals surface area contributed by atoms with Gasteiger partial charge < -0.3 is 4.74 Å². The SMILES string of the molecule is COc1ccc2ccccc2c1/C=N\N1C(=O)[C@@H]2[C@H](C1=O)[C@@H]1C=C[C@@H]2C12CC2. The van der Waals surface area contributed by atoms with Crippen LogP contribution in [0.25, 0.3) is 10.8 Å². The lowest BCUT2D eigenvalue weighted by Crippen LogP contribution is -2.30. The lowest BCUT2D eigenvalue weighted by Gasteiger charge is -2.18. The van der Waals surface area contributed by atoms with Crippen LogP contribution >= 0.6 is 0 Å². The second-order valence-electron chi connectivity index (χ2n) is 8.36. The molecular weight excluding hydrogens is 352 g/mol. The van der Waals surface area contributed by atoms with Crippen molar-refractivity contribution in [2.75, 3.05) is 7.11 Å². The number of hydrazone groups is 1. The summed E-state index contributed by atoms with van der Waals surface area (Å²) in [5.74, 6) is 0.355. The largest absolute Gasteiger partial charge is 0.496 e. The van der Waals surface area contributed by atoms with Crippen molar-refractivity contribution in [3.63, 3.8) is 0 Å². The summed E-state index contributed by atoms with van der Waals surface area (Å²) < 4.78 is 5.49. The highest BCUT2D eigenvalue weighted by molar-refractivity contribution is 6.08. The highest BCUT2D eigenvalue weighted by atomic mass is 16.5. The minimum absolute atomic E-state index is 0.145. The maximum Gasteiger partial charge on any atom is 0.254 e. The second kappa shape index (κ2) is 5.31. The second-order valence-corrected chi connectivity index (χ2v) is 8.36. The van der Waals surface area contributed by atoms with Crippen LogP contribution in [0.5, 0.6) is 5.75 Å². The number of carbonyl (C=O) groups is 2. The van der Waals surface area contributed by atoms with Crippen LogP contribution in [-0.4, -0.2) is 30.1 Å². The molecule has 4 atom stereocenters. The van der Waals surface area contributed by atoms with Gasteiger partial charge in [0.05, 0.1) is 25.2 Å². The van der Waals surface area contributed by atoms with Crippen molar-refractivity contribution in [3.05, 3.63) is 54.1 Å². The van der Waals surface area contributed by atoms with E-state index in [1.807, 2.05) is 36.4 Å². The number of ether oxygens (including phenoxy) is 1. The molecule has 0 unspecified atom stereocenters. The Morgan fingerprint density at radius 1 is 1.04 bits per heavy atom. The molecule has 2 amide bonds. The average molecular weight is 372 g/mol. The van der Waals surface area contributed by atoms with Gasteiger partial charge in [0.2, 0.25) is 0 Å². The fourth-order valence-electron chi connectivity index (χ4n) is 5.88. The number of methoxy groups -OCH3 is 1. The van der Waals surface area contributed by atoms with E-state index in [1.54, 1.807) is 13.3 Å². The monoisotopic (exact) mass is 372 g/mol. The van der Waals surface area contributed by atoms with Crippen LogP contribution in [-0.2, 0) is 9.59 Å². The van der Waals surface area contributed by atoms with E-state index in [9.17, 15) is 9.59 Å². The molecule has 0 radical (unpaired) electrons. The molecule has 1 heterocycles. The number of carbonyl (C=O) groups excluding carboxylic acids is 2. The standard InChI is InChI=1S/C23H20N2O3/c1-28-18-9-6-13-4-2-3-5-14(13)15(18)12-24-25-21(26)19-16-7-8-17(20(19)22(25)27)23(16)10-11-23/h2-9,12,16-17,19-20H,10-11H2,1H3/b24-12-/t16-,17-,19-,20+/m0/s1. The fourth-order valence-corrected chi connectivity index (χ4v) is 5.88. The third-order valence-corrected chi connectivity index (χ3v) is 7.28. The van der Waals surface area contributed by atoms with Crippen LogP contribution in [0.1, 0.15) is 18.4 Å². The van der Waals surface area contributed by atoms with Crippen molar-refractivity contribution in [1.29, 1.82) is 0 Å². The van der Waals surface area contributed by atoms with Gasteiger partial charge >= 0.3 is 0 Å². The lowest BCUT2D eigenvalue weighted by atomic mass is 9.85. The number of amides is 2. The summed E-state index contributed by atoms with van der Waals surface area (Å²) >= 11 is 0. The Balaban J connectivity index is 1.37. The molecule has 2 aromatic rings. The zero-order valence-corrected chi connectivity index (χ0v) is 15.5. The van der Waals surface area contributed by atoms with Crippen molar-refractivity contribution in [2.24, 2.45) is 34.2 Å². The van der Waals surface area contributed by atoms with Gasteiger partial charge in [0.1, 0.15) is 5.75 Å². The molecule has 1 aliphatic heterocycles. The van der Waals surface area contributed by atoms with Crippen LogP contribution in [0.3, 0.4) is 0 Å². The number of allylic oxidation sites excluding steroid dienone is 2. The molecular formula is C23H20N2O3. The number of hydrogen-bond acceptors (Lipinski definition) is 4. The summed E-state index contributed by atoms with van der Waals surface area (Å²) in [6, 6.07) is 11.8. The van der Waals surface area contributed by atoms with Crippen molar-refractivity contribution in [1.82, 2.24) is 5.01 Å². The van der Waals surface area contributed by atoms with Crippen LogP contribution in [0.15, 0.2) is 53.7 Å². The molecule has 3 aliphatic carbocycles. The van der Waals surface area contributed by atoms with E-state index < -0.39 is 0 Å². The number of nitrogens with zero attached hydrogens (tertiary/aromatic N) is 2. The van der Waals surface area contributed by atoms with E-state index in [0.29, 0.717) is 5.75 Å². The van der Waals surface area contributed by atoms with Crippen molar-refractivity contribution in [2.45, 2.75) is 12.8 Å². The molecule has 140 valence electrons. The summed E-state index contributed by atoms with van der Waals surface area (Å²) in [7, 11) is 1.61. The number of fused-ring (bicyclic) bond motifs is 4. The van der Waals surface area contributed by atoms with Crippen molar-refractivity contribution >= 4 is 28.8 Å². The Kier molecular flexibility index (Phi) is 3.04. The summed E-state index contributed by atoms with van der Waals surface area (Å²) in [6.45, 7) is 0. The third-order valence-electron chi connectivity index (χ3n) is 7.28. The number of imide groups is 1. The molecule has 3 fully saturated rings. The first-order valence-electron chi connectivity index (χ1n) is 9.81. The smallest absolute Gasteiger partial charge is 0.254 e. The lowest BCUT2D eigenvalue weighted by molar-refractivity contribution is -0.141. The highest BCUT2D eigenvalue weighted by Crippen LogP contribution is 2.73. The molecule has 5 heteroatoms. The Morgan fingerprint density at radius 2 is 1.71 bits per heavy atom. The Morgan fingerprint density at radius 3 is 2.36 bits per heavy atom. The first kappa shape index (κ1) is 16.0. The van der Waals surface area contributed by atoms with Crippen LogP contribution in [0.4, 0.5) is 0 Å². The Bertz CT molecular complexity index is 1060. The van der Waals surface area contributed by atoms with Gasteiger partial charge in [-0.15, -0.1) is 0 Å².